The van der Waals surface area contributed by atoms with Gasteiger partial charge in [0.2, 0.25) is 0 Å². The number of allylic oxidation sites excluding steroid dienone is 1. The zero-order chi connectivity index (χ0) is 16.6. The molecule has 0 aromatic rings. The van der Waals surface area contributed by atoms with Crippen molar-refractivity contribution in [2.75, 3.05) is 19.8 Å². The van der Waals surface area contributed by atoms with Crippen LogP contribution < -0.4 is 5.32 Å². The molecule has 0 aromatic carbocycles. The van der Waals surface area contributed by atoms with Crippen LogP contribution in [0, 0.1) is 12.3 Å². The molecule has 0 aromatic heterocycles. The van der Waals surface area contributed by atoms with Gasteiger partial charge in [0.15, 0.2) is 0 Å². The fraction of sp³-hybridized carbons (Fsp3) is 0.647. The molecule has 0 radical (unpaired) electrons. The number of unbranched alkanes of at least 4 members (excludes halogenated alkanes) is 4. The third-order valence-corrected chi connectivity index (χ3v) is 2.95. The summed E-state index contributed by atoms with van der Waals surface area (Å²) < 4.78 is 9.86. The quantitative estimate of drug-likeness (QED) is 0.341. The van der Waals surface area contributed by atoms with Crippen LogP contribution in [0.3, 0.4) is 0 Å². The Labute approximate surface area is 133 Å². The fourth-order valence-electron chi connectivity index (χ4n) is 1.61. The van der Waals surface area contributed by atoms with Crippen molar-refractivity contribution in [2.24, 2.45) is 0 Å². The van der Waals surface area contributed by atoms with Crippen LogP contribution in [-0.4, -0.2) is 31.8 Å². The second kappa shape index (κ2) is 14.0. The molecule has 0 saturated carbocycles. The highest BCUT2D eigenvalue weighted by Crippen LogP contribution is 2.07. The van der Waals surface area contributed by atoms with Gasteiger partial charge in [0.1, 0.15) is 6.54 Å². The number of carbonyl (C=O) groups excluding carboxylic acids is 2. The second-order valence-electron chi connectivity index (χ2n) is 4.98. The average molecular weight is 309 g/mol. The van der Waals surface area contributed by atoms with Gasteiger partial charge in [-0.15, -0.1) is 6.42 Å². The molecule has 0 unspecified atom stereocenters. The van der Waals surface area contributed by atoms with E-state index in [1.807, 2.05) is 6.92 Å². The van der Waals surface area contributed by atoms with Gasteiger partial charge in [0.05, 0.1) is 13.2 Å². The molecule has 0 aliphatic heterocycles. The zero-order valence-corrected chi connectivity index (χ0v) is 13.5. The molecule has 0 bridgehead atoms. The maximum absolute atomic E-state index is 11.3. The van der Waals surface area contributed by atoms with Crippen LogP contribution >= 0.6 is 0 Å². The normalized spacial score (nSPS) is 9.64. The summed E-state index contributed by atoms with van der Waals surface area (Å²) in [6.45, 7) is 6.32. The maximum atomic E-state index is 11.3. The Hall–Kier alpha value is -1.96. The molecular formula is C17H27NO4. The van der Waals surface area contributed by atoms with E-state index in [2.05, 4.69) is 17.8 Å². The Kier molecular flexibility index (Phi) is 12.8. The summed E-state index contributed by atoms with van der Waals surface area (Å²) in [4.78, 5) is 22.6. The number of hydrogen-bond acceptors (Lipinski definition) is 4. The van der Waals surface area contributed by atoms with Crippen LogP contribution in [0.2, 0.25) is 0 Å². The van der Waals surface area contributed by atoms with E-state index in [0.717, 1.165) is 50.5 Å². The van der Waals surface area contributed by atoms with Crippen LogP contribution in [0.15, 0.2) is 12.2 Å². The first kappa shape index (κ1) is 20.0. The van der Waals surface area contributed by atoms with Crippen molar-refractivity contribution >= 4 is 12.1 Å². The van der Waals surface area contributed by atoms with Crippen LogP contribution in [0.5, 0.6) is 0 Å². The number of alkyl carbamates (subject to hydrolysis) is 1. The lowest BCUT2D eigenvalue weighted by Crippen LogP contribution is -2.31. The molecule has 22 heavy (non-hydrogen) atoms. The number of terminal acetylenes is 1. The van der Waals surface area contributed by atoms with E-state index in [4.69, 9.17) is 15.9 Å². The number of carbonyl (C=O) groups is 2. The molecule has 0 aliphatic carbocycles. The SMILES string of the molecule is C#CC(=C)CCCCCCOC(=O)NCC(=O)OCCCC. The van der Waals surface area contributed by atoms with Gasteiger partial charge in [-0.05, 0) is 31.3 Å². The van der Waals surface area contributed by atoms with Gasteiger partial charge in [-0.3, -0.25) is 4.79 Å². The first-order chi connectivity index (χ1) is 10.6. The van der Waals surface area contributed by atoms with E-state index < -0.39 is 12.1 Å². The zero-order valence-electron chi connectivity index (χ0n) is 13.5. The summed E-state index contributed by atoms with van der Waals surface area (Å²) in [6, 6.07) is 0. The largest absolute Gasteiger partial charge is 0.464 e. The van der Waals surface area contributed by atoms with Gasteiger partial charge in [-0.1, -0.05) is 38.7 Å². The number of amides is 1. The molecule has 124 valence electrons. The smallest absolute Gasteiger partial charge is 0.407 e. The Morgan fingerprint density at radius 1 is 1.09 bits per heavy atom. The molecule has 0 atom stereocenters. The van der Waals surface area contributed by atoms with E-state index in [0.29, 0.717) is 13.2 Å². The van der Waals surface area contributed by atoms with Crippen molar-refractivity contribution in [1.82, 2.24) is 5.32 Å². The maximum Gasteiger partial charge on any atom is 0.407 e. The van der Waals surface area contributed by atoms with E-state index in [-0.39, 0.29) is 6.54 Å². The molecule has 0 saturated heterocycles. The van der Waals surface area contributed by atoms with Crippen molar-refractivity contribution in [2.45, 2.75) is 51.9 Å². The van der Waals surface area contributed by atoms with Crippen molar-refractivity contribution in [1.29, 1.82) is 0 Å². The lowest BCUT2D eigenvalue weighted by atomic mass is 10.1. The predicted molar refractivity (Wildman–Crippen MR) is 86.3 cm³/mol. The Balaban J connectivity index is 3.41. The molecule has 0 aliphatic rings. The van der Waals surface area contributed by atoms with Gasteiger partial charge < -0.3 is 14.8 Å². The highest BCUT2D eigenvalue weighted by atomic mass is 16.6. The minimum absolute atomic E-state index is 0.156. The van der Waals surface area contributed by atoms with Gasteiger partial charge in [0.25, 0.3) is 0 Å². The molecule has 1 N–H and O–H groups in total. The molecule has 0 spiro atoms. The predicted octanol–water partition coefficient (Wildman–Crippen LogP) is 3.20. The van der Waals surface area contributed by atoms with E-state index in [1.165, 1.54) is 0 Å². The molecule has 0 heterocycles. The molecule has 0 rings (SSSR count). The second-order valence-corrected chi connectivity index (χ2v) is 4.98. The van der Waals surface area contributed by atoms with Gasteiger partial charge in [-0.2, -0.15) is 0 Å². The summed E-state index contributed by atoms with van der Waals surface area (Å²) in [6.07, 6.45) is 11.0. The number of nitrogens with one attached hydrogen (secondary N) is 1. The minimum atomic E-state index is -0.590. The van der Waals surface area contributed by atoms with Crippen molar-refractivity contribution in [3.8, 4) is 12.3 Å². The van der Waals surface area contributed by atoms with Crippen LogP contribution in [-0.2, 0) is 14.3 Å². The highest BCUT2D eigenvalue weighted by molar-refractivity contribution is 5.77. The first-order valence-corrected chi connectivity index (χ1v) is 7.80. The summed E-state index contributed by atoms with van der Waals surface area (Å²) in [5.74, 6) is 2.07. The van der Waals surface area contributed by atoms with E-state index in [9.17, 15) is 9.59 Å². The van der Waals surface area contributed by atoms with Crippen molar-refractivity contribution in [3.05, 3.63) is 12.2 Å². The summed E-state index contributed by atoms with van der Waals surface area (Å²) in [5.41, 5.74) is 0.821. The van der Waals surface area contributed by atoms with Gasteiger partial charge in [0, 0.05) is 0 Å². The minimum Gasteiger partial charge on any atom is -0.464 e. The van der Waals surface area contributed by atoms with Gasteiger partial charge in [-0.25, -0.2) is 4.79 Å². The lowest BCUT2D eigenvalue weighted by molar-refractivity contribution is -0.142. The van der Waals surface area contributed by atoms with Crippen molar-refractivity contribution in [3.63, 3.8) is 0 Å². The lowest BCUT2D eigenvalue weighted by Gasteiger charge is -2.07. The summed E-state index contributed by atoms with van der Waals surface area (Å²) >= 11 is 0. The number of hydrogen-bond donors (Lipinski definition) is 1. The van der Waals surface area contributed by atoms with Gasteiger partial charge >= 0.3 is 12.1 Å². The Morgan fingerprint density at radius 2 is 1.77 bits per heavy atom. The van der Waals surface area contributed by atoms with E-state index in [1.54, 1.807) is 0 Å². The standard InChI is InChI=1S/C17H27NO4/c1-4-6-12-21-16(19)14-18-17(20)22-13-10-8-7-9-11-15(3)5-2/h2H,3-4,6-14H2,1H3,(H,18,20). The van der Waals surface area contributed by atoms with E-state index >= 15 is 0 Å². The van der Waals surface area contributed by atoms with Crippen LogP contribution in [0.25, 0.3) is 0 Å². The number of ether oxygens (including phenoxy) is 2. The Bertz CT molecular complexity index is 385. The third kappa shape index (κ3) is 13.0. The van der Waals surface area contributed by atoms with Crippen molar-refractivity contribution < 1.29 is 19.1 Å². The summed E-state index contributed by atoms with van der Waals surface area (Å²) in [5, 5.41) is 2.36. The van der Waals surface area contributed by atoms with Crippen LogP contribution in [0.4, 0.5) is 4.79 Å². The Morgan fingerprint density at radius 3 is 2.45 bits per heavy atom. The highest BCUT2D eigenvalue weighted by Gasteiger charge is 2.06. The third-order valence-electron chi connectivity index (χ3n) is 2.95. The first-order valence-electron chi connectivity index (χ1n) is 7.80. The fourth-order valence-corrected chi connectivity index (χ4v) is 1.61. The number of esters is 1. The molecule has 1 amide bonds. The molecule has 0 fully saturated rings. The van der Waals surface area contributed by atoms with Crippen LogP contribution in [0.1, 0.15) is 51.9 Å². The monoisotopic (exact) mass is 309 g/mol. The topological polar surface area (TPSA) is 64.6 Å². The number of rotatable bonds is 12. The molecule has 5 nitrogen and oxygen atoms in total. The average Bonchev–Trinajstić information content (AvgIpc) is 2.51. The summed E-state index contributed by atoms with van der Waals surface area (Å²) in [7, 11) is 0. The molecular weight excluding hydrogens is 282 g/mol. The molecule has 5 heteroatoms.